The molecule has 3 aliphatic heterocycles. The van der Waals surface area contributed by atoms with Gasteiger partial charge in [0.15, 0.2) is 0 Å². The number of nitrogens with one attached hydrogen (secondary N) is 2. The Morgan fingerprint density at radius 2 is 1.54 bits per heavy atom. The number of hydrogen-bond donors (Lipinski definition) is 5. The van der Waals surface area contributed by atoms with E-state index in [9.17, 15) is 47.5 Å². The summed E-state index contributed by atoms with van der Waals surface area (Å²) in [7, 11) is -2.44. The van der Waals surface area contributed by atoms with E-state index in [0.717, 1.165) is 23.8 Å². The van der Waals surface area contributed by atoms with Crippen molar-refractivity contribution >= 4 is 48.9 Å². The Labute approximate surface area is 272 Å². The molecule has 0 bridgehead atoms. The van der Waals surface area contributed by atoms with Gasteiger partial charge in [0, 0.05) is 23.7 Å². The van der Waals surface area contributed by atoms with Crippen LogP contribution in [0.3, 0.4) is 0 Å². The van der Waals surface area contributed by atoms with Gasteiger partial charge in [0.05, 0.1) is 31.2 Å². The summed E-state index contributed by atoms with van der Waals surface area (Å²) in [6.07, 6.45) is -5.57. The normalized spacial score (nSPS) is 19.1. The summed E-state index contributed by atoms with van der Waals surface area (Å²) < 4.78 is 50.7. The zero-order valence-corrected chi connectivity index (χ0v) is 25.1. The molecule has 1 saturated heterocycles. The van der Waals surface area contributed by atoms with Gasteiger partial charge in [0.25, 0.3) is 11.8 Å². The van der Waals surface area contributed by atoms with Gasteiger partial charge in [0.2, 0.25) is 5.91 Å². The standard InChI is InChI=1S/C31H28B2F3N3O9/c34-31(35,36)21-3-1-2-16(8-21)25(12-27(40)41)38-29(43)26-11-22(37-28(42)17-4-6-19-14-47-32(45)23(19)9-17)13-39(26)30(44)18-5-7-20-15-48-33(46)24(20)10-18/h1-10,22,25-26,45-46H,11-15H2,(H,37,42)(H,38,43)(H,40,41)/t22-,25+,26+/m1/s1. The number of benzene rings is 3. The van der Waals surface area contributed by atoms with E-state index >= 15 is 0 Å². The lowest BCUT2D eigenvalue weighted by molar-refractivity contribution is -0.138. The van der Waals surface area contributed by atoms with Crippen LogP contribution >= 0.6 is 0 Å². The predicted molar refractivity (Wildman–Crippen MR) is 163 cm³/mol. The zero-order valence-electron chi connectivity index (χ0n) is 25.1. The molecule has 3 aromatic carbocycles. The van der Waals surface area contributed by atoms with Crippen molar-refractivity contribution in [1.29, 1.82) is 0 Å². The van der Waals surface area contributed by atoms with Gasteiger partial charge in [-0.05, 0) is 70.4 Å². The lowest BCUT2D eigenvalue weighted by Crippen LogP contribution is -2.47. The van der Waals surface area contributed by atoms with Crippen LogP contribution in [-0.2, 0) is 38.3 Å². The van der Waals surface area contributed by atoms with E-state index in [4.69, 9.17) is 9.31 Å². The molecule has 17 heteroatoms. The maximum absolute atomic E-state index is 13.9. The average molecular weight is 665 g/mol. The zero-order chi connectivity index (χ0) is 34.3. The number of aliphatic carboxylic acids is 1. The topological polar surface area (TPSA) is 175 Å². The molecule has 3 amide bonds. The van der Waals surface area contributed by atoms with E-state index in [-0.39, 0.29) is 42.9 Å². The summed E-state index contributed by atoms with van der Waals surface area (Å²) in [6, 6.07) is 9.72. The second-order valence-corrected chi connectivity index (χ2v) is 11.8. The fourth-order valence-corrected chi connectivity index (χ4v) is 6.18. The molecule has 0 radical (unpaired) electrons. The number of carbonyl (C=O) groups excluding carboxylic acids is 3. The smallest absolute Gasteiger partial charge is 0.481 e. The van der Waals surface area contributed by atoms with Gasteiger partial charge in [-0.1, -0.05) is 24.3 Å². The number of carboxylic acids is 1. The second-order valence-electron chi connectivity index (χ2n) is 11.8. The Kier molecular flexibility index (Phi) is 9.04. The maximum atomic E-state index is 13.9. The molecule has 6 rings (SSSR count). The first-order chi connectivity index (χ1) is 22.8. The molecule has 1 fully saturated rings. The van der Waals surface area contributed by atoms with E-state index in [0.29, 0.717) is 16.5 Å². The van der Waals surface area contributed by atoms with Crippen LogP contribution < -0.4 is 21.6 Å². The molecular formula is C31H28B2F3N3O9. The average Bonchev–Trinajstić information content (AvgIpc) is 3.76. The van der Waals surface area contributed by atoms with Gasteiger partial charge in [-0.3, -0.25) is 19.2 Å². The molecule has 0 saturated carbocycles. The van der Waals surface area contributed by atoms with Crippen LogP contribution in [0.15, 0.2) is 60.7 Å². The summed E-state index contributed by atoms with van der Waals surface area (Å²) in [5.74, 6) is -3.42. The molecule has 0 spiro atoms. The van der Waals surface area contributed by atoms with Crippen LogP contribution in [0.25, 0.3) is 0 Å². The summed E-state index contributed by atoms with van der Waals surface area (Å²) in [5.41, 5.74) is 1.37. The van der Waals surface area contributed by atoms with E-state index in [1.54, 1.807) is 18.2 Å². The first kappa shape index (κ1) is 33.2. The van der Waals surface area contributed by atoms with Crippen molar-refractivity contribution in [3.8, 4) is 0 Å². The maximum Gasteiger partial charge on any atom is 0.491 e. The van der Waals surface area contributed by atoms with Crippen molar-refractivity contribution in [1.82, 2.24) is 15.5 Å². The third-order valence-electron chi connectivity index (χ3n) is 8.64. The largest absolute Gasteiger partial charge is 0.491 e. The van der Waals surface area contributed by atoms with Crippen LogP contribution in [0, 0.1) is 0 Å². The lowest BCUT2D eigenvalue weighted by Gasteiger charge is -2.26. The third kappa shape index (κ3) is 6.80. The van der Waals surface area contributed by atoms with Crippen LogP contribution in [0.4, 0.5) is 13.2 Å². The van der Waals surface area contributed by atoms with Gasteiger partial charge < -0.3 is 40.0 Å². The lowest BCUT2D eigenvalue weighted by atomic mass is 9.78. The van der Waals surface area contributed by atoms with Gasteiger partial charge >= 0.3 is 26.4 Å². The minimum Gasteiger partial charge on any atom is -0.481 e. The number of carboxylic acid groups (broad SMARTS) is 1. The van der Waals surface area contributed by atoms with E-state index < -0.39 is 74.2 Å². The first-order valence-electron chi connectivity index (χ1n) is 14.9. The highest BCUT2D eigenvalue weighted by molar-refractivity contribution is 6.62. The fourth-order valence-electron chi connectivity index (χ4n) is 6.18. The quantitative estimate of drug-likeness (QED) is 0.215. The van der Waals surface area contributed by atoms with Crippen LogP contribution in [0.2, 0.25) is 0 Å². The number of likely N-dealkylation sites (tertiary alicyclic amines) is 1. The van der Waals surface area contributed by atoms with Crippen molar-refractivity contribution in [3.05, 3.63) is 94.0 Å². The van der Waals surface area contributed by atoms with Crippen molar-refractivity contribution in [2.45, 2.75) is 50.4 Å². The molecule has 0 aliphatic carbocycles. The van der Waals surface area contributed by atoms with Crippen molar-refractivity contribution in [3.63, 3.8) is 0 Å². The molecule has 248 valence electrons. The number of hydrogen-bond acceptors (Lipinski definition) is 8. The molecule has 48 heavy (non-hydrogen) atoms. The van der Waals surface area contributed by atoms with Crippen molar-refractivity contribution in [2.24, 2.45) is 0 Å². The monoisotopic (exact) mass is 665 g/mol. The molecule has 3 heterocycles. The number of alkyl halides is 3. The molecule has 0 aromatic heterocycles. The van der Waals surface area contributed by atoms with Gasteiger partial charge in [0.1, 0.15) is 6.04 Å². The minimum absolute atomic E-state index is 0.100. The van der Waals surface area contributed by atoms with Gasteiger partial charge in [-0.15, -0.1) is 0 Å². The van der Waals surface area contributed by atoms with Crippen molar-refractivity contribution < 1.29 is 56.8 Å². The van der Waals surface area contributed by atoms with E-state index in [2.05, 4.69) is 10.6 Å². The highest BCUT2D eigenvalue weighted by Gasteiger charge is 2.42. The number of fused-ring (bicyclic) bond motifs is 2. The molecule has 0 unspecified atom stereocenters. The summed E-state index contributed by atoms with van der Waals surface area (Å²) in [6.45, 7) is 0.174. The summed E-state index contributed by atoms with van der Waals surface area (Å²) in [4.78, 5) is 53.8. The van der Waals surface area contributed by atoms with Gasteiger partial charge in [-0.2, -0.15) is 13.2 Å². The number of amides is 3. The van der Waals surface area contributed by atoms with E-state index in [1.165, 1.54) is 29.2 Å². The van der Waals surface area contributed by atoms with E-state index in [1.807, 2.05) is 0 Å². The Hall–Kier alpha value is -4.70. The molecular weight excluding hydrogens is 637 g/mol. The second kappa shape index (κ2) is 13.1. The molecule has 12 nitrogen and oxygen atoms in total. The van der Waals surface area contributed by atoms with Gasteiger partial charge in [-0.25, -0.2) is 0 Å². The molecule has 5 N–H and O–H groups in total. The third-order valence-corrected chi connectivity index (χ3v) is 8.64. The fraction of sp³-hybridized carbons (Fsp3) is 0.290. The Bertz CT molecular complexity index is 1790. The highest BCUT2D eigenvalue weighted by atomic mass is 19.4. The SMILES string of the molecule is O=C(O)C[C@H](NC(=O)[C@@H]1C[C@@H](NC(=O)c2ccc3c(c2)B(O)OC3)CN1C(=O)c1ccc2c(c1)B(O)OC2)c1cccc(C(F)(F)F)c1. The summed E-state index contributed by atoms with van der Waals surface area (Å²) >= 11 is 0. The Morgan fingerprint density at radius 3 is 2.17 bits per heavy atom. The van der Waals surface area contributed by atoms with Crippen molar-refractivity contribution in [2.75, 3.05) is 6.54 Å². The Morgan fingerprint density at radius 1 is 0.917 bits per heavy atom. The number of carbonyl (C=O) groups is 4. The predicted octanol–water partition coefficient (Wildman–Crippen LogP) is 0.486. The molecule has 3 atom stereocenters. The Balaban J connectivity index is 1.27. The number of nitrogens with zero attached hydrogens (tertiary/aromatic N) is 1. The minimum atomic E-state index is -4.72. The van der Waals surface area contributed by atoms with Crippen LogP contribution in [-0.4, -0.2) is 76.6 Å². The number of halogens is 3. The van der Waals surface area contributed by atoms with Crippen LogP contribution in [0.1, 0.15) is 61.9 Å². The number of rotatable bonds is 8. The molecule has 3 aliphatic rings. The first-order valence-corrected chi connectivity index (χ1v) is 14.9. The van der Waals surface area contributed by atoms with Crippen LogP contribution in [0.5, 0.6) is 0 Å². The summed E-state index contributed by atoms with van der Waals surface area (Å²) in [5, 5.41) is 35.1. The molecule has 3 aromatic rings. The highest BCUT2D eigenvalue weighted by Crippen LogP contribution is 2.32.